The second kappa shape index (κ2) is 7.05. The minimum absolute atomic E-state index is 0.0214. The fraction of sp³-hybridized carbons (Fsp3) is 0.200. The minimum atomic E-state index is -3.30. The van der Waals surface area contributed by atoms with E-state index in [-0.39, 0.29) is 11.5 Å². The molecule has 0 fully saturated rings. The molecule has 0 N–H and O–H groups in total. The van der Waals surface area contributed by atoms with Crippen molar-refractivity contribution in [1.82, 2.24) is 0 Å². The third kappa shape index (κ3) is 3.77. The zero-order chi connectivity index (χ0) is 17.0. The van der Waals surface area contributed by atoms with Gasteiger partial charge in [-0.25, -0.2) is 8.42 Å². The van der Waals surface area contributed by atoms with Crippen LogP contribution in [0.1, 0.15) is 18.1 Å². The topological polar surface area (TPSA) is 43.4 Å². The summed E-state index contributed by atoms with van der Waals surface area (Å²) >= 11 is 0. The Bertz CT molecular complexity index is 941. The van der Waals surface area contributed by atoms with E-state index in [1.165, 1.54) is 0 Å². The fourth-order valence-electron chi connectivity index (χ4n) is 2.86. The molecule has 0 spiro atoms. The normalized spacial score (nSPS) is 11.5. The molecular formula is C20H20O3S. The first-order valence-corrected chi connectivity index (χ1v) is 9.79. The molecule has 0 unspecified atom stereocenters. The van der Waals surface area contributed by atoms with Gasteiger partial charge in [-0.2, -0.15) is 0 Å². The van der Waals surface area contributed by atoms with Crippen molar-refractivity contribution < 1.29 is 13.2 Å². The van der Waals surface area contributed by atoms with E-state index in [9.17, 15) is 8.42 Å². The van der Waals surface area contributed by atoms with E-state index in [1.807, 2.05) is 73.7 Å². The Hall–Kier alpha value is -2.33. The molecule has 24 heavy (non-hydrogen) atoms. The summed E-state index contributed by atoms with van der Waals surface area (Å²) in [6.07, 6.45) is 0. The Kier molecular flexibility index (Phi) is 4.86. The van der Waals surface area contributed by atoms with E-state index in [4.69, 9.17) is 4.74 Å². The van der Waals surface area contributed by atoms with Gasteiger partial charge in [0.1, 0.15) is 5.75 Å². The van der Waals surface area contributed by atoms with Gasteiger partial charge in [0.05, 0.1) is 18.1 Å². The number of benzene rings is 3. The Morgan fingerprint density at radius 1 is 0.792 bits per heavy atom. The minimum Gasteiger partial charge on any atom is -0.494 e. The lowest BCUT2D eigenvalue weighted by atomic mass is 10.1. The second-order valence-electron chi connectivity index (χ2n) is 5.71. The van der Waals surface area contributed by atoms with Gasteiger partial charge in [0.25, 0.3) is 0 Å². The van der Waals surface area contributed by atoms with Crippen molar-refractivity contribution in [2.45, 2.75) is 18.4 Å². The van der Waals surface area contributed by atoms with Crippen LogP contribution in [0.25, 0.3) is 10.8 Å². The molecule has 0 amide bonds. The largest absolute Gasteiger partial charge is 0.494 e. The van der Waals surface area contributed by atoms with Crippen molar-refractivity contribution >= 4 is 20.6 Å². The molecule has 0 radical (unpaired) electrons. The van der Waals surface area contributed by atoms with Gasteiger partial charge in [0.2, 0.25) is 0 Å². The summed E-state index contributed by atoms with van der Waals surface area (Å²) in [4.78, 5) is 0. The Morgan fingerprint density at radius 3 is 2.25 bits per heavy atom. The molecule has 0 heterocycles. The average Bonchev–Trinajstić information content (AvgIpc) is 2.57. The van der Waals surface area contributed by atoms with Gasteiger partial charge in [0.15, 0.2) is 9.84 Å². The molecule has 0 atom stereocenters. The molecule has 3 aromatic rings. The van der Waals surface area contributed by atoms with Gasteiger partial charge in [-0.1, -0.05) is 60.7 Å². The third-order valence-electron chi connectivity index (χ3n) is 3.90. The maximum Gasteiger partial charge on any atom is 0.158 e. The van der Waals surface area contributed by atoms with E-state index in [2.05, 4.69) is 0 Å². The second-order valence-corrected chi connectivity index (χ2v) is 7.78. The van der Waals surface area contributed by atoms with E-state index < -0.39 is 9.84 Å². The Morgan fingerprint density at radius 2 is 1.42 bits per heavy atom. The van der Waals surface area contributed by atoms with Crippen molar-refractivity contribution in [2.24, 2.45) is 0 Å². The highest BCUT2D eigenvalue weighted by molar-refractivity contribution is 7.89. The molecule has 3 aromatic carbocycles. The number of para-hydroxylation sites is 1. The quantitative estimate of drug-likeness (QED) is 0.670. The summed E-state index contributed by atoms with van der Waals surface area (Å²) in [6.45, 7) is 2.40. The van der Waals surface area contributed by atoms with Gasteiger partial charge in [0, 0.05) is 5.56 Å². The summed E-state index contributed by atoms with van der Waals surface area (Å²) in [5, 5.41) is 2.04. The smallest absolute Gasteiger partial charge is 0.158 e. The van der Waals surface area contributed by atoms with Crippen molar-refractivity contribution in [3.8, 4) is 5.75 Å². The van der Waals surface area contributed by atoms with Crippen LogP contribution in [-0.2, 0) is 21.3 Å². The van der Waals surface area contributed by atoms with Crippen molar-refractivity contribution in [2.75, 3.05) is 6.61 Å². The molecule has 0 aliphatic rings. The first-order valence-electron chi connectivity index (χ1n) is 7.97. The highest BCUT2D eigenvalue weighted by Crippen LogP contribution is 2.25. The number of sulfone groups is 1. The SMILES string of the molecule is CCOc1ccccc1CS(=O)(=O)Cc1cccc2ccccc12. The molecule has 0 aromatic heterocycles. The zero-order valence-electron chi connectivity index (χ0n) is 13.6. The van der Waals surface area contributed by atoms with Gasteiger partial charge in [-0.15, -0.1) is 0 Å². The zero-order valence-corrected chi connectivity index (χ0v) is 14.4. The molecular weight excluding hydrogens is 320 g/mol. The predicted octanol–water partition coefficient (Wildman–Crippen LogP) is 4.35. The van der Waals surface area contributed by atoms with Gasteiger partial charge < -0.3 is 4.74 Å². The van der Waals surface area contributed by atoms with Crippen LogP contribution in [-0.4, -0.2) is 15.0 Å². The number of ether oxygens (including phenoxy) is 1. The van der Waals surface area contributed by atoms with E-state index in [0.717, 1.165) is 16.3 Å². The van der Waals surface area contributed by atoms with Crippen molar-refractivity contribution in [3.05, 3.63) is 77.9 Å². The van der Waals surface area contributed by atoms with E-state index in [1.54, 1.807) is 0 Å². The first kappa shape index (κ1) is 16.5. The summed E-state index contributed by atoms with van der Waals surface area (Å²) in [5.41, 5.74) is 1.54. The number of hydrogen-bond donors (Lipinski definition) is 0. The number of rotatable bonds is 6. The maximum absolute atomic E-state index is 12.7. The van der Waals surface area contributed by atoms with Gasteiger partial charge in [-0.05, 0) is 29.3 Å². The number of hydrogen-bond acceptors (Lipinski definition) is 3. The van der Waals surface area contributed by atoms with Crippen LogP contribution in [0.15, 0.2) is 66.7 Å². The first-order chi connectivity index (χ1) is 11.6. The molecule has 4 heteroatoms. The highest BCUT2D eigenvalue weighted by Gasteiger charge is 2.17. The molecule has 3 nitrogen and oxygen atoms in total. The van der Waals surface area contributed by atoms with Crippen LogP contribution in [0.5, 0.6) is 5.75 Å². The van der Waals surface area contributed by atoms with Crippen molar-refractivity contribution in [3.63, 3.8) is 0 Å². The highest BCUT2D eigenvalue weighted by atomic mass is 32.2. The van der Waals surface area contributed by atoms with Crippen LogP contribution < -0.4 is 4.74 Å². The van der Waals surface area contributed by atoms with E-state index >= 15 is 0 Å². The molecule has 0 bridgehead atoms. The van der Waals surface area contributed by atoms with Crippen LogP contribution in [0.3, 0.4) is 0 Å². The summed E-state index contributed by atoms with van der Waals surface area (Å²) in [6, 6.07) is 21.0. The lowest BCUT2D eigenvalue weighted by molar-refractivity contribution is 0.337. The molecule has 3 rings (SSSR count). The third-order valence-corrected chi connectivity index (χ3v) is 5.40. The molecule has 0 saturated heterocycles. The lowest BCUT2D eigenvalue weighted by Gasteiger charge is -2.11. The lowest BCUT2D eigenvalue weighted by Crippen LogP contribution is -2.09. The summed E-state index contributed by atoms with van der Waals surface area (Å²) in [7, 11) is -3.30. The monoisotopic (exact) mass is 340 g/mol. The van der Waals surface area contributed by atoms with Crippen molar-refractivity contribution in [1.29, 1.82) is 0 Å². The van der Waals surface area contributed by atoms with Crippen LogP contribution >= 0.6 is 0 Å². The molecule has 124 valence electrons. The average molecular weight is 340 g/mol. The van der Waals surface area contributed by atoms with Crippen LogP contribution in [0, 0.1) is 0 Å². The van der Waals surface area contributed by atoms with E-state index in [0.29, 0.717) is 17.9 Å². The molecule has 0 aliphatic carbocycles. The summed E-state index contributed by atoms with van der Waals surface area (Å²) < 4.78 is 31.0. The Balaban J connectivity index is 1.89. The maximum atomic E-state index is 12.7. The van der Waals surface area contributed by atoms with Gasteiger partial charge in [-0.3, -0.25) is 0 Å². The standard InChI is InChI=1S/C20H20O3S/c1-2-23-20-13-6-4-9-18(20)15-24(21,22)14-17-11-7-10-16-8-3-5-12-19(16)17/h3-13H,2,14-15H2,1H3. The fourth-order valence-corrected chi connectivity index (χ4v) is 4.40. The summed E-state index contributed by atoms with van der Waals surface area (Å²) in [5.74, 6) is 0.641. The Labute approximate surface area is 142 Å². The predicted molar refractivity (Wildman–Crippen MR) is 97.9 cm³/mol. The van der Waals surface area contributed by atoms with Crippen LogP contribution in [0.4, 0.5) is 0 Å². The van der Waals surface area contributed by atoms with Crippen LogP contribution in [0.2, 0.25) is 0 Å². The molecule has 0 aliphatic heterocycles. The van der Waals surface area contributed by atoms with Gasteiger partial charge >= 0.3 is 0 Å². The number of fused-ring (bicyclic) bond motifs is 1. The molecule has 0 saturated carbocycles.